The lowest BCUT2D eigenvalue weighted by molar-refractivity contribution is -0.136. The molecule has 0 bridgehead atoms. The minimum absolute atomic E-state index is 0.00776. The van der Waals surface area contributed by atoms with Crippen LogP contribution in [-0.2, 0) is 17.6 Å². The molecule has 2 N–H and O–H groups in total. The van der Waals surface area contributed by atoms with Crippen LogP contribution in [0, 0.1) is 0 Å². The number of rotatable bonds is 9. The largest absolute Gasteiger partial charge is 0.418 e. The van der Waals surface area contributed by atoms with Crippen LogP contribution in [0.25, 0.3) is 11.0 Å². The third-order valence-electron chi connectivity index (χ3n) is 3.85. The summed E-state index contributed by atoms with van der Waals surface area (Å²) < 4.78 is 47.5. The molecule has 0 spiro atoms. The Labute approximate surface area is 161 Å². The van der Waals surface area contributed by atoms with E-state index in [1.165, 1.54) is 4.57 Å². The number of alkyl halides is 3. The second-order valence-electron chi connectivity index (χ2n) is 7.40. The van der Waals surface area contributed by atoms with Crippen molar-refractivity contribution in [1.29, 1.82) is 0 Å². The van der Waals surface area contributed by atoms with Crippen molar-refractivity contribution < 1.29 is 23.0 Å². The molecule has 0 fully saturated rings. The number of ether oxygens (including phenoxy) is 1. The summed E-state index contributed by atoms with van der Waals surface area (Å²) in [6.07, 6.45) is -3.24. The highest BCUT2D eigenvalue weighted by molar-refractivity contribution is 6.76. The summed E-state index contributed by atoms with van der Waals surface area (Å²) >= 11 is 5.91. The molecule has 2 heterocycles. The highest BCUT2D eigenvalue weighted by Gasteiger charge is 2.36. The van der Waals surface area contributed by atoms with Gasteiger partial charge in [0.25, 0.3) is 0 Å². The van der Waals surface area contributed by atoms with Gasteiger partial charge in [-0.15, -0.1) is 0 Å². The highest BCUT2D eigenvalue weighted by Crippen LogP contribution is 2.38. The zero-order valence-corrected chi connectivity index (χ0v) is 17.3. The Balaban J connectivity index is 2.37. The molecule has 0 atom stereocenters. The predicted octanol–water partition coefficient (Wildman–Crippen LogP) is 4.21. The smallest absolute Gasteiger partial charge is 0.396 e. The van der Waals surface area contributed by atoms with Gasteiger partial charge in [0, 0.05) is 34.0 Å². The Bertz CT molecular complexity index is 778. The number of nitrogens with one attached hydrogen (secondary N) is 1. The number of aromatic nitrogens is 3. The Morgan fingerprint density at radius 1 is 1.30 bits per heavy atom. The molecule has 0 amide bonds. The van der Waals surface area contributed by atoms with Gasteiger partial charge in [-0.25, -0.2) is 4.98 Å². The lowest BCUT2D eigenvalue weighted by Gasteiger charge is -2.15. The molecule has 0 radical (unpaired) electrons. The van der Waals surface area contributed by atoms with Gasteiger partial charge in [0.2, 0.25) is 5.28 Å². The number of hydrogen-bond donors (Lipinski definition) is 2. The maximum Gasteiger partial charge on any atom is 0.418 e. The fourth-order valence-corrected chi connectivity index (χ4v) is 3.35. The number of aliphatic hydroxyl groups is 1. The third-order valence-corrected chi connectivity index (χ3v) is 5.72. The predicted molar refractivity (Wildman–Crippen MR) is 102 cm³/mol. The van der Waals surface area contributed by atoms with E-state index in [-0.39, 0.29) is 42.0 Å². The van der Waals surface area contributed by atoms with Crippen LogP contribution in [0.5, 0.6) is 0 Å². The van der Waals surface area contributed by atoms with Crippen molar-refractivity contribution in [3.8, 4) is 0 Å². The van der Waals surface area contributed by atoms with Crippen LogP contribution in [0.3, 0.4) is 0 Å². The SMILES string of the molecule is C[Si](C)(C)CCOCn1cc(C(F)(F)F)c2c(NCCCO)nc(Cl)nc21. The first kappa shape index (κ1) is 21.9. The van der Waals surface area contributed by atoms with Gasteiger partial charge in [0.1, 0.15) is 18.2 Å². The van der Waals surface area contributed by atoms with Gasteiger partial charge in [-0.05, 0) is 24.1 Å². The molecule has 6 nitrogen and oxygen atoms in total. The van der Waals surface area contributed by atoms with Crippen LogP contribution < -0.4 is 5.32 Å². The molecule has 27 heavy (non-hydrogen) atoms. The molecule has 0 aliphatic rings. The molecule has 2 aromatic rings. The normalized spacial score (nSPS) is 12.7. The van der Waals surface area contributed by atoms with E-state index >= 15 is 0 Å². The van der Waals surface area contributed by atoms with E-state index in [4.69, 9.17) is 21.4 Å². The van der Waals surface area contributed by atoms with Crippen molar-refractivity contribution in [1.82, 2.24) is 14.5 Å². The zero-order valence-electron chi connectivity index (χ0n) is 15.5. The van der Waals surface area contributed by atoms with Crippen molar-refractivity contribution in [3.63, 3.8) is 0 Å². The van der Waals surface area contributed by atoms with Crippen molar-refractivity contribution >= 4 is 36.5 Å². The van der Waals surface area contributed by atoms with E-state index in [0.29, 0.717) is 13.0 Å². The van der Waals surface area contributed by atoms with Crippen LogP contribution in [-0.4, -0.2) is 47.5 Å². The van der Waals surface area contributed by atoms with Gasteiger partial charge < -0.3 is 19.7 Å². The fraction of sp³-hybridized carbons (Fsp3) is 0.625. The van der Waals surface area contributed by atoms with Gasteiger partial charge in [-0.1, -0.05) is 19.6 Å². The van der Waals surface area contributed by atoms with Crippen LogP contribution in [0.4, 0.5) is 19.0 Å². The van der Waals surface area contributed by atoms with E-state index in [2.05, 4.69) is 34.9 Å². The first-order chi connectivity index (χ1) is 12.5. The Kier molecular flexibility index (Phi) is 7.12. The van der Waals surface area contributed by atoms with Gasteiger partial charge in [-0.2, -0.15) is 18.2 Å². The van der Waals surface area contributed by atoms with E-state index < -0.39 is 19.8 Å². The van der Waals surface area contributed by atoms with Crippen LogP contribution in [0.2, 0.25) is 31.0 Å². The third kappa shape index (κ3) is 6.06. The van der Waals surface area contributed by atoms with E-state index in [1.807, 2.05) is 0 Å². The van der Waals surface area contributed by atoms with Crippen molar-refractivity contribution in [2.75, 3.05) is 25.1 Å². The molecule has 0 aliphatic carbocycles. The number of fused-ring (bicyclic) bond motifs is 1. The molecule has 0 saturated carbocycles. The summed E-state index contributed by atoms with van der Waals surface area (Å²) in [7, 11) is -1.30. The zero-order chi connectivity index (χ0) is 20.2. The fourth-order valence-electron chi connectivity index (χ4n) is 2.43. The highest BCUT2D eigenvalue weighted by atomic mass is 35.5. The standard InChI is InChI=1S/C16H24ClF3N4O2Si/c1-27(2,3)8-7-26-10-24-9-11(16(18,19)20)12-13(21-5-4-6-25)22-15(17)23-14(12)24/h9,25H,4-8,10H2,1-3H3,(H,21,22,23). The summed E-state index contributed by atoms with van der Waals surface area (Å²) in [6, 6.07) is 0.905. The lowest BCUT2D eigenvalue weighted by Crippen LogP contribution is -2.22. The number of hydrogen-bond acceptors (Lipinski definition) is 5. The molecular formula is C16H24ClF3N4O2Si. The Hall–Kier alpha value is -1.36. The van der Waals surface area contributed by atoms with Crippen LogP contribution >= 0.6 is 11.6 Å². The summed E-state index contributed by atoms with van der Waals surface area (Å²) in [6.45, 7) is 7.17. The second-order valence-corrected chi connectivity index (χ2v) is 13.4. The van der Waals surface area contributed by atoms with E-state index in [1.54, 1.807) is 0 Å². The molecule has 0 aliphatic heterocycles. The van der Waals surface area contributed by atoms with Gasteiger partial charge in [-0.3, -0.25) is 0 Å². The lowest BCUT2D eigenvalue weighted by atomic mass is 10.2. The van der Waals surface area contributed by atoms with Crippen molar-refractivity contribution in [2.24, 2.45) is 0 Å². The molecule has 11 heteroatoms. The Morgan fingerprint density at radius 2 is 2.00 bits per heavy atom. The monoisotopic (exact) mass is 424 g/mol. The average Bonchev–Trinajstić information content (AvgIpc) is 2.90. The number of anilines is 1. The second kappa shape index (κ2) is 8.76. The van der Waals surface area contributed by atoms with Crippen molar-refractivity contribution in [2.45, 2.75) is 45.0 Å². The number of nitrogens with zero attached hydrogens (tertiary/aromatic N) is 3. The summed E-state index contributed by atoms with van der Waals surface area (Å²) in [4.78, 5) is 7.89. The molecule has 2 aromatic heterocycles. The number of halogens is 4. The topological polar surface area (TPSA) is 72.2 Å². The molecular weight excluding hydrogens is 401 g/mol. The van der Waals surface area contributed by atoms with Gasteiger partial charge in [0.15, 0.2) is 0 Å². The van der Waals surface area contributed by atoms with Gasteiger partial charge in [0.05, 0.1) is 10.9 Å². The molecule has 0 aromatic carbocycles. The number of aliphatic hydroxyl groups excluding tert-OH is 1. The summed E-state index contributed by atoms with van der Waals surface area (Å²) in [5.41, 5.74) is -0.795. The summed E-state index contributed by atoms with van der Waals surface area (Å²) in [5, 5.41) is 11.4. The minimum atomic E-state index is -4.58. The van der Waals surface area contributed by atoms with E-state index in [9.17, 15) is 13.2 Å². The first-order valence-electron chi connectivity index (χ1n) is 8.59. The molecule has 2 rings (SSSR count). The molecule has 0 unspecified atom stereocenters. The van der Waals surface area contributed by atoms with Crippen LogP contribution in [0.15, 0.2) is 6.20 Å². The quantitative estimate of drug-likeness (QED) is 0.358. The average molecular weight is 425 g/mol. The Morgan fingerprint density at radius 3 is 2.59 bits per heavy atom. The van der Waals surface area contributed by atoms with Crippen molar-refractivity contribution in [3.05, 3.63) is 17.0 Å². The van der Waals surface area contributed by atoms with Crippen LogP contribution in [0.1, 0.15) is 12.0 Å². The maximum absolute atomic E-state index is 13.5. The molecule has 152 valence electrons. The van der Waals surface area contributed by atoms with E-state index in [0.717, 1.165) is 12.2 Å². The maximum atomic E-state index is 13.5. The molecule has 0 saturated heterocycles. The minimum Gasteiger partial charge on any atom is -0.396 e. The van der Waals surface area contributed by atoms with Gasteiger partial charge >= 0.3 is 6.18 Å². The first-order valence-corrected chi connectivity index (χ1v) is 12.7. The summed E-state index contributed by atoms with van der Waals surface area (Å²) in [5.74, 6) is -0.00776.